The van der Waals surface area contributed by atoms with Crippen molar-refractivity contribution in [2.45, 2.75) is 0 Å². The monoisotopic (exact) mass is 269 g/mol. The first-order valence-corrected chi connectivity index (χ1v) is 4.89. The van der Waals surface area contributed by atoms with E-state index in [9.17, 15) is 14.0 Å². The first kappa shape index (κ1) is 10.0. The standard InChI is InChI=1S/C10H5BrFNO2/c11-5-1-2-6(8(12)3-5)7-4-9(14)13-10(7)15/h1-4H,(H,13,14,15). The number of carbonyl (C=O) groups excluding carboxylic acids is 2. The number of carbonyl (C=O) groups is 2. The second-order valence-electron chi connectivity index (χ2n) is 3.00. The molecule has 0 aromatic heterocycles. The highest BCUT2D eigenvalue weighted by Gasteiger charge is 2.24. The Morgan fingerprint density at radius 2 is 2.00 bits per heavy atom. The van der Waals surface area contributed by atoms with Crippen LogP contribution in [0.5, 0.6) is 0 Å². The lowest BCUT2D eigenvalue weighted by atomic mass is 10.1. The van der Waals surface area contributed by atoms with E-state index in [1.54, 1.807) is 6.07 Å². The molecule has 2 amide bonds. The van der Waals surface area contributed by atoms with Gasteiger partial charge in [-0.25, -0.2) is 4.39 Å². The largest absolute Gasteiger partial charge is 0.289 e. The maximum atomic E-state index is 13.4. The third-order valence-electron chi connectivity index (χ3n) is 1.98. The number of hydrogen-bond donors (Lipinski definition) is 1. The van der Waals surface area contributed by atoms with Crippen molar-refractivity contribution in [1.29, 1.82) is 0 Å². The molecule has 0 saturated heterocycles. The summed E-state index contributed by atoms with van der Waals surface area (Å²) in [7, 11) is 0. The van der Waals surface area contributed by atoms with Crippen LogP contribution in [0.3, 0.4) is 0 Å². The first-order valence-electron chi connectivity index (χ1n) is 4.10. The van der Waals surface area contributed by atoms with Crippen molar-refractivity contribution in [3.63, 3.8) is 0 Å². The molecular formula is C10H5BrFNO2. The van der Waals surface area contributed by atoms with Crippen LogP contribution in [-0.4, -0.2) is 11.8 Å². The van der Waals surface area contributed by atoms with E-state index in [0.29, 0.717) is 4.47 Å². The molecule has 0 atom stereocenters. The smallest absolute Gasteiger partial charge is 0.259 e. The van der Waals surface area contributed by atoms with Crippen molar-refractivity contribution in [2.24, 2.45) is 0 Å². The molecule has 5 heteroatoms. The SMILES string of the molecule is O=C1C=C(c2ccc(Br)cc2F)C(=O)N1. The molecule has 0 saturated carbocycles. The van der Waals surface area contributed by atoms with Crippen LogP contribution in [0.2, 0.25) is 0 Å². The molecule has 0 bridgehead atoms. The van der Waals surface area contributed by atoms with Gasteiger partial charge in [0.25, 0.3) is 11.8 Å². The molecule has 1 heterocycles. The molecule has 15 heavy (non-hydrogen) atoms. The maximum Gasteiger partial charge on any atom is 0.259 e. The maximum absolute atomic E-state index is 13.4. The first-order chi connectivity index (χ1) is 7.08. The Balaban J connectivity index is 2.51. The molecule has 76 valence electrons. The van der Waals surface area contributed by atoms with Gasteiger partial charge in [0.2, 0.25) is 0 Å². The van der Waals surface area contributed by atoms with E-state index in [2.05, 4.69) is 21.2 Å². The molecule has 2 rings (SSSR count). The molecule has 1 aliphatic rings. The molecule has 0 spiro atoms. The molecule has 1 aromatic carbocycles. The second-order valence-corrected chi connectivity index (χ2v) is 3.92. The average molecular weight is 270 g/mol. The Morgan fingerprint density at radius 3 is 2.53 bits per heavy atom. The number of imide groups is 1. The summed E-state index contributed by atoms with van der Waals surface area (Å²) in [6.07, 6.45) is 1.09. The highest BCUT2D eigenvalue weighted by molar-refractivity contribution is 9.10. The molecule has 3 nitrogen and oxygen atoms in total. The number of amides is 2. The van der Waals surface area contributed by atoms with Crippen LogP contribution in [0.1, 0.15) is 5.56 Å². The van der Waals surface area contributed by atoms with Crippen LogP contribution in [-0.2, 0) is 9.59 Å². The zero-order valence-electron chi connectivity index (χ0n) is 7.38. The summed E-state index contributed by atoms with van der Waals surface area (Å²) >= 11 is 3.10. The number of halogens is 2. The number of nitrogens with one attached hydrogen (secondary N) is 1. The van der Waals surface area contributed by atoms with Crippen molar-refractivity contribution < 1.29 is 14.0 Å². The second kappa shape index (κ2) is 3.58. The van der Waals surface area contributed by atoms with Gasteiger partial charge < -0.3 is 0 Å². The molecular weight excluding hydrogens is 265 g/mol. The highest BCUT2D eigenvalue weighted by Crippen LogP contribution is 2.23. The minimum absolute atomic E-state index is 0.0602. The summed E-state index contributed by atoms with van der Waals surface area (Å²) in [6.45, 7) is 0. The normalized spacial score (nSPS) is 15.2. The third kappa shape index (κ3) is 1.83. The van der Waals surface area contributed by atoms with E-state index >= 15 is 0 Å². The van der Waals surface area contributed by atoms with Crippen molar-refractivity contribution in [3.8, 4) is 0 Å². The fourth-order valence-electron chi connectivity index (χ4n) is 1.32. The fraction of sp³-hybridized carbons (Fsp3) is 0. The van der Waals surface area contributed by atoms with E-state index in [1.807, 2.05) is 0 Å². The van der Waals surface area contributed by atoms with Gasteiger partial charge in [-0.3, -0.25) is 14.9 Å². The van der Waals surface area contributed by atoms with E-state index in [1.165, 1.54) is 12.1 Å². The summed E-state index contributed by atoms with van der Waals surface area (Å²) in [4.78, 5) is 22.1. The van der Waals surface area contributed by atoms with Gasteiger partial charge in [0, 0.05) is 16.1 Å². The minimum atomic E-state index is -0.568. The lowest BCUT2D eigenvalue weighted by Crippen LogP contribution is -2.21. The van der Waals surface area contributed by atoms with Crippen molar-refractivity contribution >= 4 is 33.3 Å². The van der Waals surface area contributed by atoms with Crippen LogP contribution in [0, 0.1) is 5.82 Å². The average Bonchev–Trinajstić information content (AvgIpc) is 2.45. The van der Waals surface area contributed by atoms with E-state index < -0.39 is 17.6 Å². The number of rotatable bonds is 1. The lowest BCUT2D eigenvalue weighted by molar-refractivity contribution is -0.123. The molecule has 1 N–H and O–H groups in total. The summed E-state index contributed by atoms with van der Waals surface area (Å²) in [5.41, 5.74) is 0.187. The van der Waals surface area contributed by atoms with Gasteiger partial charge in [0.1, 0.15) is 5.82 Å². The molecule has 0 radical (unpaired) electrons. The third-order valence-corrected chi connectivity index (χ3v) is 2.47. The predicted molar refractivity (Wildman–Crippen MR) is 55.2 cm³/mol. The van der Waals surface area contributed by atoms with Crippen LogP contribution in [0.15, 0.2) is 28.7 Å². The van der Waals surface area contributed by atoms with Crippen LogP contribution in [0.25, 0.3) is 5.57 Å². The van der Waals surface area contributed by atoms with Gasteiger partial charge in [0.15, 0.2) is 0 Å². The molecule has 0 unspecified atom stereocenters. The quantitative estimate of drug-likeness (QED) is 0.788. The summed E-state index contributed by atoms with van der Waals surface area (Å²) < 4.78 is 14.0. The van der Waals surface area contributed by atoms with Crippen LogP contribution < -0.4 is 5.32 Å². The van der Waals surface area contributed by atoms with Gasteiger partial charge in [-0.15, -0.1) is 0 Å². The van der Waals surface area contributed by atoms with Crippen molar-refractivity contribution in [1.82, 2.24) is 5.32 Å². The minimum Gasteiger partial charge on any atom is -0.289 e. The molecule has 1 aliphatic heterocycles. The van der Waals surface area contributed by atoms with Gasteiger partial charge >= 0.3 is 0 Å². The zero-order chi connectivity index (χ0) is 11.0. The Labute approximate surface area is 93.1 Å². The predicted octanol–water partition coefficient (Wildman–Crippen LogP) is 1.63. The molecule has 1 aromatic rings. The molecule has 0 fully saturated rings. The Bertz CT molecular complexity index is 496. The van der Waals surface area contributed by atoms with E-state index in [0.717, 1.165) is 6.08 Å². The highest BCUT2D eigenvalue weighted by atomic mass is 79.9. The zero-order valence-corrected chi connectivity index (χ0v) is 8.97. The summed E-state index contributed by atoms with van der Waals surface area (Å²) in [5.74, 6) is -1.63. The van der Waals surface area contributed by atoms with Crippen LogP contribution in [0.4, 0.5) is 4.39 Å². The fourth-order valence-corrected chi connectivity index (χ4v) is 1.65. The van der Waals surface area contributed by atoms with E-state index in [4.69, 9.17) is 0 Å². The van der Waals surface area contributed by atoms with Gasteiger partial charge in [0.05, 0.1) is 5.57 Å². The summed E-state index contributed by atoms with van der Waals surface area (Å²) in [5, 5.41) is 2.06. The number of hydrogen-bond acceptors (Lipinski definition) is 2. The lowest BCUT2D eigenvalue weighted by Gasteiger charge is -2.02. The van der Waals surface area contributed by atoms with Crippen LogP contribution >= 0.6 is 15.9 Å². The Kier molecular flexibility index (Phi) is 2.40. The van der Waals surface area contributed by atoms with Gasteiger partial charge in [-0.05, 0) is 12.1 Å². The topological polar surface area (TPSA) is 46.2 Å². The Morgan fingerprint density at radius 1 is 1.27 bits per heavy atom. The van der Waals surface area contributed by atoms with Gasteiger partial charge in [-0.1, -0.05) is 22.0 Å². The van der Waals surface area contributed by atoms with Gasteiger partial charge in [-0.2, -0.15) is 0 Å². The Hall–Kier alpha value is -1.49. The van der Waals surface area contributed by atoms with Crippen molar-refractivity contribution in [2.75, 3.05) is 0 Å². The molecule has 0 aliphatic carbocycles. The van der Waals surface area contributed by atoms with E-state index in [-0.39, 0.29) is 11.1 Å². The van der Waals surface area contributed by atoms with Crippen molar-refractivity contribution in [3.05, 3.63) is 40.1 Å². The number of benzene rings is 1. The summed E-state index contributed by atoms with van der Waals surface area (Å²) in [6, 6.07) is 4.30.